The van der Waals surface area contributed by atoms with Crippen LogP contribution in [0.2, 0.25) is 5.02 Å². The van der Waals surface area contributed by atoms with E-state index in [9.17, 15) is 9.90 Å². The summed E-state index contributed by atoms with van der Waals surface area (Å²) in [6, 6.07) is 3.68. The second-order valence-electron chi connectivity index (χ2n) is 5.61. The van der Waals surface area contributed by atoms with Crippen molar-refractivity contribution in [3.63, 3.8) is 0 Å². The normalized spacial score (nSPS) is 11.1. The summed E-state index contributed by atoms with van der Waals surface area (Å²) in [6.07, 6.45) is 5.09. The van der Waals surface area contributed by atoms with Crippen LogP contribution in [-0.2, 0) is 17.8 Å². The van der Waals surface area contributed by atoms with Crippen LogP contribution in [0.1, 0.15) is 17.0 Å². The summed E-state index contributed by atoms with van der Waals surface area (Å²) in [5.74, 6) is 0.562. The molecular weight excluding hydrogens is 330 g/mol. The predicted octanol–water partition coefficient (Wildman–Crippen LogP) is 2.68. The molecule has 0 radical (unpaired) electrons. The lowest BCUT2D eigenvalue weighted by Crippen LogP contribution is -2.34. The highest BCUT2D eigenvalue weighted by atomic mass is 35.5. The van der Waals surface area contributed by atoms with Crippen LogP contribution in [0.3, 0.4) is 0 Å². The highest BCUT2D eigenvalue weighted by Gasteiger charge is 2.18. The molecule has 7 heteroatoms. The zero-order valence-electron chi connectivity index (χ0n) is 13.3. The number of aromatic nitrogens is 2. The molecule has 0 unspecified atom stereocenters. The van der Waals surface area contributed by atoms with Crippen LogP contribution in [0.4, 0.5) is 0 Å². The molecule has 1 amide bonds. The lowest BCUT2D eigenvalue weighted by Gasteiger charge is -2.20. The summed E-state index contributed by atoms with van der Waals surface area (Å²) in [7, 11) is 0. The molecule has 3 rings (SSSR count). The summed E-state index contributed by atoms with van der Waals surface area (Å²) in [6.45, 7) is 2.36. The van der Waals surface area contributed by atoms with Crippen molar-refractivity contribution in [3.05, 3.63) is 52.8 Å². The average Bonchev–Trinajstić information content (AvgIpc) is 3.18. The topological polar surface area (TPSA) is 82.4 Å². The van der Waals surface area contributed by atoms with Gasteiger partial charge in [0, 0.05) is 34.9 Å². The van der Waals surface area contributed by atoms with Gasteiger partial charge in [-0.25, -0.2) is 4.98 Å². The predicted molar refractivity (Wildman–Crippen MR) is 90.8 cm³/mol. The molecule has 1 aromatic carbocycles. The molecule has 24 heavy (non-hydrogen) atoms. The summed E-state index contributed by atoms with van der Waals surface area (Å²) in [5.41, 5.74) is 2.41. The van der Waals surface area contributed by atoms with Crippen LogP contribution in [0, 0.1) is 6.92 Å². The van der Waals surface area contributed by atoms with Gasteiger partial charge in [0.25, 0.3) is 0 Å². The van der Waals surface area contributed by atoms with Crippen molar-refractivity contribution in [3.8, 4) is 0 Å². The minimum absolute atomic E-state index is 0.108. The number of carbonyl (C=O) groups excluding carboxylic acids is 1. The molecule has 0 fully saturated rings. The van der Waals surface area contributed by atoms with Crippen LogP contribution in [0.5, 0.6) is 0 Å². The Morgan fingerprint density at radius 2 is 2.29 bits per heavy atom. The van der Waals surface area contributed by atoms with Gasteiger partial charge in [0.05, 0.1) is 25.8 Å². The molecule has 2 heterocycles. The number of furan rings is 1. The van der Waals surface area contributed by atoms with Crippen molar-refractivity contribution in [1.29, 1.82) is 0 Å². The lowest BCUT2D eigenvalue weighted by atomic mass is 10.1. The number of H-pyrrole nitrogens is 1. The Kier molecular flexibility index (Phi) is 4.87. The molecule has 6 nitrogen and oxygen atoms in total. The number of nitrogens with one attached hydrogen (secondary N) is 1. The Balaban J connectivity index is 1.80. The molecule has 0 saturated heterocycles. The monoisotopic (exact) mass is 347 g/mol. The number of hydrogen-bond donors (Lipinski definition) is 2. The van der Waals surface area contributed by atoms with Crippen LogP contribution >= 0.6 is 11.6 Å². The standard InChI is InChI=1S/C17H18ClN3O3/c1-11-6-15-13(8-14(11)18)12(10-24-15)7-17(23)21(4-5-22)9-16-19-2-3-20-16/h2-3,6,8,10,22H,4-5,7,9H2,1H3,(H,19,20). The van der Waals surface area contributed by atoms with Gasteiger partial charge in [-0.3, -0.25) is 4.79 Å². The van der Waals surface area contributed by atoms with E-state index in [1.807, 2.05) is 19.1 Å². The van der Waals surface area contributed by atoms with Gasteiger partial charge in [-0.05, 0) is 24.6 Å². The Morgan fingerprint density at radius 1 is 1.46 bits per heavy atom. The van der Waals surface area contributed by atoms with Crippen molar-refractivity contribution in [2.75, 3.05) is 13.2 Å². The smallest absolute Gasteiger partial charge is 0.227 e. The van der Waals surface area contributed by atoms with E-state index in [0.717, 1.165) is 16.5 Å². The number of aromatic amines is 1. The molecule has 3 aromatic rings. The van der Waals surface area contributed by atoms with E-state index in [-0.39, 0.29) is 25.5 Å². The molecule has 126 valence electrons. The molecule has 0 aliphatic heterocycles. The molecule has 0 bridgehead atoms. The third-order valence-corrected chi connectivity index (χ3v) is 4.30. The number of rotatable bonds is 6. The van der Waals surface area contributed by atoms with Crippen molar-refractivity contribution in [2.45, 2.75) is 19.9 Å². The zero-order valence-corrected chi connectivity index (χ0v) is 14.0. The van der Waals surface area contributed by atoms with Gasteiger partial charge in [0.1, 0.15) is 11.4 Å². The first-order valence-corrected chi connectivity index (χ1v) is 7.99. The number of benzene rings is 1. The average molecular weight is 348 g/mol. The second-order valence-corrected chi connectivity index (χ2v) is 6.02. The Labute approximate surface area is 144 Å². The number of imidazole rings is 1. The number of nitrogens with zero attached hydrogens (tertiary/aromatic N) is 2. The van der Waals surface area contributed by atoms with Crippen molar-refractivity contribution < 1.29 is 14.3 Å². The molecule has 2 N–H and O–H groups in total. The van der Waals surface area contributed by atoms with Crippen molar-refractivity contribution >= 4 is 28.5 Å². The van der Waals surface area contributed by atoms with Crippen LogP contribution in [-0.4, -0.2) is 39.0 Å². The van der Waals surface area contributed by atoms with Gasteiger partial charge in [-0.2, -0.15) is 0 Å². The van der Waals surface area contributed by atoms with E-state index in [0.29, 0.717) is 23.0 Å². The molecule has 0 aliphatic rings. The van der Waals surface area contributed by atoms with Gasteiger partial charge in [-0.1, -0.05) is 11.6 Å². The number of amides is 1. The number of aliphatic hydroxyl groups is 1. The quantitative estimate of drug-likeness (QED) is 0.718. The van der Waals surface area contributed by atoms with Crippen LogP contribution in [0.25, 0.3) is 11.0 Å². The Bertz CT molecular complexity index is 842. The first kappa shape index (κ1) is 16.5. The summed E-state index contributed by atoms with van der Waals surface area (Å²) < 4.78 is 5.53. The number of aliphatic hydroxyl groups excluding tert-OH is 1. The minimum atomic E-state index is -0.111. The summed E-state index contributed by atoms with van der Waals surface area (Å²) in [4.78, 5) is 21.3. The fraction of sp³-hybridized carbons (Fsp3) is 0.294. The molecule has 0 aliphatic carbocycles. The van der Waals surface area contributed by atoms with Crippen LogP contribution < -0.4 is 0 Å². The lowest BCUT2D eigenvalue weighted by molar-refractivity contribution is -0.131. The number of aryl methyl sites for hydroxylation is 1. The molecule has 0 atom stereocenters. The SMILES string of the molecule is Cc1cc2occ(CC(=O)N(CCO)Cc3ncc[nH]3)c2cc1Cl. The fourth-order valence-corrected chi connectivity index (χ4v) is 2.75. The highest BCUT2D eigenvalue weighted by molar-refractivity contribution is 6.32. The largest absolute Gasteiger partial charge is 0.464 e. The van der Waals surface area contributed by atoms with E-state index < -0.39 is 0 Å². The molecule has 0 spiro atoms. The van der Waals surface area contributed by atoms with E-state index >= 15 is 0 Å². The van der Waals surface area contributed by atoms with Crippen molar-refractivity contribution in [1.82, 2.24) is 14.9 Å². The first-order chi connectivity index (χ1) is 11.6. The first-order valence-electron chi connectivity index (χ1n) is 7.61. The van der Waals surface area contributed by atoms with Gasteiger partial charge >= 0.3 is 0 Å². The van der Waals surface area contributed by atoms with E-state index in [1.54, 1.807) is 23.6 Å². The minimum Gasteiger partial charge on any atom is -0.464 e. The van der Waals surface area contributed by atoms with Gasteiger partial charge in [0.15, 0.2) is 0 Å². The number of carbonyl (C=O) groups is 1. The maximum Gasteiger partial charge on any atom is 0.227 e. The highest BCUT2D eigenvalue weighted by Crippen LogP contribution is 2.28. The van der Waals surface area contributed by atoms with Crippen LogP contribution in [0.15, 0.2) is 35.2 Å². The molecule has 2 aromatic heterocycles. The second kappa shape index (κ2) is 7.07. The van der Waals surface area contributed by atoms with E-state index in [2.05, 4.69) is 9.97 Å². The maximum atomic E-state index is 12.6. The van der Waals surface area contributed by atoms with Crippen molar-refractivity contribution in [2.24, 2.45) is 0 Å². The molecular formula is C17H18ClN3O3. The summed E-state index contributed by atoms with van der Waals surface area (Å²) >= 11 is 6.18. The number of fused-ring (bicyclic) bond motifs is 1. The third kappa shape index (κ3) is 3.44. The Hall–Kier alpha value is -2.31. The molecule has 0 saturated carbocycles. The zero-order chi connectivity index (χ0) is 17.1. The van der Waals surface area contributed by atoms with Gasteiger partial charge < -0.3 is 19.4 Å². The fourth-order valence-electron chi connectivity index (χ4n) is 2.59. The maximum absolute atomic E-state index is 12.6. The summed E-state index contributed by atoms with van der Waals surface area (Å²) in [5, 5.41) is 10.7. The van der Waals surface area contributed by atoms with E-state index in [4.69, 9.17) is 16.0 Å². The number of halogens is 1. The van der Waals surface area contributed by atoms with Gasteiger partial charge in [0.2, 0.25) is 5.91 Å². The number of hydrogen-bond acceptors (Lipinski definition) is 4. The van der Waals surface area contributed by atoms with E-state index in [1.165, 1.54) is 0 Å². The Morgan fingerprint density at radius 3 is 3.00 bits per heavy atom. The van der Waals surface area contributed by atoms with Gasteiger partial charge in [-0.15, -0.1) is 0 Å². The third-order valence-electron chi connectivity index (χ3n) is 3.89.